The number of rotatable bonds is 6. The standard InChI is InChI=1S/C16H23F3N2/c1-2-8-21-15(10-12-5-3-4-6-12)13-11-20-9-7-14(13)16(17,18)19/h7,9,11-12,15,21H,2-6,8,10H2,1H3. The normalized spacial score (nSPS) is 18.1. The Morgan fingerprint density at radius 1 is 1.33 bits per heavy atom. The van der Waals surface area contributed by atoms with Crippen LogP contribution in [-0.4, -0.2) is 11.5 Å². The molecule has 0 amide bonds. The average Bonchev–Trinajstić information content (AvgIpc) is 2.95. The van der Waals surface area contributed by atoms with Crippen molar-refractivity contribution >= 4 is 0 Å². The van der Waals surface area contributed by atoms with Crippen LogP contribution < -0.4 is 5.32 Å². The molecule has 1 N–H and O–H groups in total. The fourth-order valence-electron chi connectivity index (χ4n) is 3.16. The highest BCUT2D eigenvalue weighted by Gasteiger charge is 2.35. The third kappa shape index (κ3) is 4.43. The second-order valence-corrected chi connectivity index (χ2v) is 5.85. The monoisotopic (exact) mass is 300 g/mol. The van der Waals surface area contributed by atoms with Gasteiger partial charge >= 0.3 is 6.18 Å². The summed E-state index contributed by atoms with van der Waals surface area (Å²) in [5.74, 6) is 0.528. The molecular weight excluding hydrogens is 277 g/mol. The Kier molecular flexibility index (Phi) is 5.62. The molecule has 1 heterocycles. The maximum Gasteiger partial charge on any atom is 0.416 e. The fraction of sp³-hybridized carbons (Fsp3) is 0.688. The molecule has 1 aliphatic carbocycles. The lowest BCUT2D eigenvalue weighted by atomic mass is 9.91. The van der Waals surface area contributed by atoms with Crippen LogP contribution in [0.1, 0.15) is 62.6 Å². The number of hydrogen-bond donors (Lipinski definition) is 1. The molecule has 0 spiro atoms. The van der Waals surface area contributed by atoms with E-state index >= 15 is 0 Å². The second kappa shape index (κ2) is 7.25. The highest BCUT2D eigenvalue weighted by molar-refractivity contribution is 5.29. The SMILES string of the molecule is CCCNC(CC1CCCC1)c1cnccc1C(F)(F)F. The largest absolute Gasteiger partial charge is 0.416 e. The highest BCUT2D eigenvalue weighted by atomic mass is 19.4. The predicted molar refractivity (Wildman–Crippen MR) is 76.8 cm³/mol. The molecule has 2 nitrogen and oxygen atoms in total. The summed E-state index contributed by atoms with van der Waals surface area (Å²) in [4.78, 5) is 3.92. The summed E-state index contributed by atoms with van der Waals surface area (Å²) < 4.78 is 39.6. The highest BCUT2D eigenvalue weighted by Crippen LogP contribution is 2.38. The summed E-state index contributed by atoms with van der Waals surface area (Å²) in [7, 11) is 0. The molecule has 1 atom stereocenters. The molecular formula is C16H23F3N2. The molecule has 0 saturated heterocycles. The van der Waals surface area contributed by atoms with E-state index in [1.54, 1.807) is 0 Å². The number of halogens is 3. The van der Waals surface area contributed by atoms with Crippen molar-refractivity contribution in [2.75, 3.05) is 6.54 Å². The lowest BCUT2D eigenvalue weighted by molar-refractivity contribution is -0.138. The van der Waals surface area contributed by atoms with Crippen LogP contribution in [-0.2, 0) is 6.18 Å². The number of pyridine rings is 1. The molecule has 0 radical (unpaired) electrons. The molecule has 1 unspecified atom stereocenters. The van der Waals surface area contributed by atoms with Crippen molar-refractivity contribution in [1.82, 2.24) is 10.3 Å². The molecule has 1 aliphatic rings. The van der Waals surface area contributed by atoms with Crippen molar-refractivity contribution in [3.8, 4) is 0 Å². The lowest BCUT2D eigenvalue weighted by Gasteiger charge is -2.25. The quantitative estimate of drug-likeness (QED) is 0.822. The summed E-state index contributed by atoms with van der Waals surface area (Å²) >= 11 is 0. The van der Waals surface area contributed by atoms with Crippen molar-refractivity contribution in [3.05, 3.63) is 29.6 Å². The van der Waals surface area contributed by atoms with Gasteiger partial charge in [-0.3, -0.25) is 4.98 Å². The molecule has 1 saturated carbocycles. The number of hydrogen-bond acceptors (Lipinski definition) is 2. The zero-order valence-electron chi connectivity index (χ0n) is 12.4. The van der Waals surface area contributed by atoms with Gasteiger partial charge in [-0.25, -0.2) is 0 Å². The smallest absolute Gasteiger partial charge is 0.310 e. The van der Waals surface area contributed by atoms with Crippen LogP contribution in [0.4, 0.5) is 13.2 Å². The molecule has 0 aromatic carbocycles. The summed E-state index contributed by atoms with van der Waals surface area (Å²) in [6, 6.07) is 0.836. The number of alkyl halides is 3. The van der Waals surface area contributed by atoms with Crippen LogP contribution in [0.5, 0.6) is 0 Å². The van der Waals surface area contributed by atoms with E-state index in [9.17, 15) is 13.2 Å². The third-order valence-electron chi connectivity index (χ3n) is 4.22. The van der Waals surface area contributed by atoms with Crippen molar-refractivity contribution in [2.24, 2.45) is 5.92 Å². The van der Waals surface area contributed by atoms with Gasteiger partial charge in [0, 0.05) is 18.4 Å². The maximum atomic E-state index is 13.2. The van der Waals surface area contributed by atoms with Crippen molar-refractivity contribution in [3.63, 3.8) is 0 Å². The molecule has 1 fully saturated rings. The van der Waals surface area contributed by atoms with Crippen molar-refractivity contribution < 1.29 is 13.2 Å². The van der Waals surface area contributed by atoms with Crippen LogP contribution in [0.15, 0.2) is 18.5 Å². The van der Waals surface area contributed by atoms with E-state index in [4.69, 9.17) is 0 Å². The van der Waals surface area contributed by atoms with Crippen molar-refractivity contribution in [1.29, 1.82) is 0 Å². The van der Waals surface area contributed by atoms with E-state index < -0.39 is 11.7 Å². The van der Waals surface area contributed by atoms with Gasteiger partial charge in [-0.05, 0) is 36.9 Å². The molecule has 118 valence electrons. The first-order chi connectivity index (χ1) is 10.0. The van der Waals surface area contributed by atoms with Gasteiger partial charge in [0.05, 0.1) is 5.56 Å². The van der Waals surface area contributed by atoms with Crippen LogP contribution in [0.3, 0.4) is 0 Å². The van der Waals surface area contributed by atoms with Gasteiger partial charge in [0.25, 0.3) is 0 Å². The first kappa shape index (κ1) is 16.3. The minimum absolute atomic E-state index is 0.252. The Labute approximate surface area is 124 Å². The van der Waals surface area contributed by atoms with Crippen LogP contribution >= 0.6 is 0 Å². The fourth-order valence-corrected chi connectivity index (χ4v) is 3.16. The van der Waals surface area contributed by atoms with Gasteiger partial charge in [0.15, 0.2) is 0 Å². The Morgan fingerprint density at radius 3 is 2.67 bits per heavy atom. The summed E-state index contributed by atoms with van der Waals surface area (Å²) in [6.45, 7) is 2.75. The Balaban J connectivity index is 2.22. The molecule has 21 heavy (non-hydrogen) atoms. The first-order valence-corrected chi connectivity index (χ1v) is 7.77. The van der Waals surface area contributed by atoms with E-state index in [0.717, 1.165) is 38.3 Å². The number of nitrogens with one attached hydrogen (secondary N) is 1. The topological polar surface area (TPSA) is 24.9 Å². The van der Waals surface area contributed by atoms with Crippen LogP contribution in [0.2, 0.25) is 0 Å². The Hall–Kier alpha value is -1.10. The summed E-state index contributed by atoms with van der Waals surface area (Å²) in [5, 5.41) is 3.29. The van der Waals surface area contributed by atoms with Gasteiger partial charge in [-0.15, -0.1) is 0 Å². The third-order valence-corrected chi connectivity index (χ3v) is 4.22. The Morgan fingerprint density at radius 2 is 2.05 bits per heavy atom. The minimum Gasteiger partial charge on any atom is -0.310 e. The summed E-state index contributed by atoms with van der Waals surface area (Å²) in [6.07, 6.45) is 4.62. The molecule has 1 aromatic rings. The van der Waals surface area contributed by atoms with Gasteiger partial charge in [-0.1, -0.05) is 32.6 Å². The molecule has 5 heteroatoms. The van der Waals surface area contributed by atoms with Gasteiger partial charge in [-0.2, -0.15) is 13.2 Å². The zero-order valence-corrected chi connectivity index (χ0v) is 12.4. The Bertz CT molecular complexity index is 439. The van der Waals surface area contributed by atoms with E-state index in [2.05, 4.69) is 10.3 Å². The van der Waals surface area contributed by atoms with Gasteiger partial charge in [0.2, 0.25) is 0 Å². The predicted octanol–water partition coefficient (Wildman–Crippen LogP) is 4.72. The maximum absolute atomic E-state index is 13.2. The molecule has 1 aromatic heterocycles. The van der Waals surface area contributed by atoms with E-state index in [-0.39, 0.29) is 6.04 Å². The van der Waals surface area contributed by atoms with Crippen molar-refractivity contribution in [2.45, 2.75) is 57.7 Å². The second-order valence-electron chi connectivity index (χ2n) is 5.85. The molecule has 0 aliphatic heterocycles. The van der Waals surface area contributed by atoms with E-state index in [1.807, 2.05) is 6.92 Å². The average molecular weight is 300 g/mol. The zero-order chi connectivity index (χ0) is 15.3. The van der Waals surface area contributed by atoms with E-state index in [0.29, 0.717) is 11.5 Å². The number of nitrogens with zero attached hydrogens (tertiary/aromatic N) is 1. The van der Waals surface area contributed by atoms with E-state index in [1.165, 1.54) is 25.2 Å². The molecule has 0 bridgehead atoms. The molecule has 2 rings (SSSR count). The minimum atomic E-state index is -4.32. The first-order valence-electron chi connectivity index (χ1n) is 7.77. The number of aromatic nitrogens is 1. The summed E-state index contributed by atoms with van der Waals surface area (Å²) in [5.41, 5.74) is -0.255. The van der Waals surface area contributed by atoms with Gasteiger partial charge in [0.1, 0.15) is 0 Å². The van der Waals surface area contributed by atoms with Crippen LogP contribution in [0, 0.1) is 5.92 Å². The van der Waals surface area contributed by atoms with Crippen LogP contribution in [0.25, 0.3) is 0 Å². The lowest BCUT2D eigenvalue weighted by Crippen LogP contribution is -2.26. The van der Waals surface area contributed by atoms with Gasteiger partial charge < -0.3 is 5.32 Å².